The zero-order chi connectivity index (χ0) is 13.4. The van der Waals surface area contributed by atoms with Crippen LogP contribution in [-0.4, -0.2) is 21.7 Å². The van der Waals surface area contributed by atoms with Gasteiger partial charge < -0.3 is 11.1 Å². The lowest BCUT2D eigenvalue weighted by Gasteiger charge is -2.04. The third-order valence-electron chi connectivity index (χ3n) is 3.56. The smallest absolute Gasteiger partial charge is 0.256 e. The first-order valence-corrected chi connectivity index (χ1v) is 6.30. The van der Waals surface area contributed by atoms with E-state index in [1.807, 2.05) is 18.2 Å². The maximum atomic E-state index is 12.1. The average molecular weight is 256 g/mol. The molecule has 0 spiro atoms. The molecule has 1 heterocycles. The summed E-state index contributed by atoms with van der Waals surface area (Å²) in [6.45, 7) is 0. The second kappa shape index (κ2) is 4.42. The Kier molecular flexibility index (Phi) is 2.74. The predicted molar refractivity (Wildman–Crippen MR) is 72.7 cm³/mol. The van der Waals surface area contributed by atoms with Crippen molar-refractivity contribution in [3.63, 3.8) is 0 Å². The number of nitrogens with zero attached hydrogens (tertiary/aromatic N) is 2. The van der Waals surface area contributed by atoms with Gasteiger partial charge >= 0.3 is 0 Å². The van der Waals surface area contributed by atoms with Crippen molar-refractivity contribution in [1.82, 2.24) is 15.1 Å². The molecule has 0 aliphatic heterocycles. The molecule has 3 rings (SSSR count). The molecule has 0 saturated heterocycles. The summed E-state index contributed by atoms with van der Waals surface area (Å²) in [6, 6.07) is 10.4. The fourth-order valence-electron chi connectivity index (χ4n) is 2.29. The maximum Gasteiger partial charge on any atom is 0.256 e. The lowest BCUT2D eigenvalue weighted by Crippen LogP contribution is -2.27. The number of carbonyl (C=O) groups excluding carboxylic acids is 1. The number of benzene rings is 1. The summed E-state index contributed by atoms with van der Waals surface area (Å²) in [4.78, 5) is 12.1. The molecule has 0 bridgehead atoms. The van der Waals surface area contributed by atoms with Crippen LogP contribution in [0.1, 0.15) is 28.3 Å². The van der Waals surface area contributed by atoms with Crippen molar-refractivity contribution in [1.29, 1.82) is 0 Å². The molecule has 2 aromatic rings. The number of carbonyl (C=O) groups is 1. The Morgan fingerprint density at radius 3 is 2.79 bits per heavy atom. The first-order chi connectivity index (χ1) is 9.16. The Hall–Kier alpha value is -2.30. The second-order valence-corrected chi connectivity index (χ2v) is 4.90. The highest BCUT2D eigenvalue weighted by atomic mass is 16.1. The summed E-state index contributed by atoms with van der Waals surface area (Å²) in [5.74, 6) is 0.673. The van der Waals surface area contributed by atoms with Gasteiger partial charge in [-0.3, -0.25) is 9.48 Å². The van der Waals surface area contributed by atoms with Crippen LogP contribution in [0.5, 0.6) is 0 Å². The molecule has 0 radical (unpaired) electrons. The van der Waals surface area contributed by atoms with E-state index in [2.05, 4.69) is 22.5 Å². The third-order valence-corrected chi connectivity index (χ3v) is 3.56. The van der Waals surface area contributed by atoms with Crippen molar-refractivity contribution in [2.75, 3.05) is 5.73 Å². The van der Waals surface area contributed by atoms with Crippen molar-refractivity contribution in [3.05, 3.63) is 47.7 Å². The fraction of sp³-hybridized carbons (Fsp3) is 0.286. The molecular formula is C14H16N4O. The minimum absolute atomic E-state index is 0.144. The van der Waals surface area contributed by atoms with E-state index in [-0.39, 0.29) is 11.9 Å². The zero-order valence-corrected chi connectivity index (χ0v) is 10.7. The SMILES string of the molecule is Cn1ncc(C(=O)NC2CC2c2ccccc2)c1N. The fourth-order valence-corrected chi connectivity index (χ4v) is 2.29. The van der Waals surface area contributed by atoms with Gasteiger partial charge in [0.15, 0.2) is 0 Å². The van der Waals surface area contributed by atoms with E-state index in [1.165, 1.54) is 16.4 Å². The molecule has 1 aliphatic carbocycles. The van der Waals surface area contributed by atoms with Crippen LogP contribution in [0, 0.1) is 0 Å². The first kappa shape index (κ1) is 11.8. The molecular weight excluding hydrogens is 240 g/mol. The van der Waals surface area contributed by atoms with Gasteiger partial charge in [-0.15, -0.1) is 0 Å². The van der Waals surface area contributed by atoms with Crippen molar-refractivity contribution >= 4 is 11.7 Å². The Morgan fingerprint density at radius 1 is 1.42 bits per heavy atom. The van der Waals surface area contributed by atoms with Gasteiger partial charge in [0.05, 0.1) is 6.20 Å². The van der Waals surface area contributed by atoms with Crippen LogP contribution in [0.4, 0.5) is 5.82 Å². The number of anilines is 1. The molecule has 1 aliphatic rings. The summed E-state index contributed by atoms with van der Waals surface area (Å²) in [7, 11) is 1.72. The molecule has 5 heteroatoms. The summed E-state index contributed by atoms with van der Waals surface area (Å²) < 4.78 is 1.50. The number of hydrogen-bond donors (Lipinski definition) is 2. The van der Waals surface area contributed by atoms with Crippen molar-refractivity contribution in [2.45, 2.75) is 18.4 Å². The normalized spacial score (nSPS) is 21.1. The number of nitrogens with two attached hydrogens (primary N) is 1. The number of hydrogen-bond acceptors (Lipinski definition) is 3. The number of nitrogen functional groups attached to an aromatic ring is 1. The largest absolute Gasteiger partial charge is 0.383 e. The van der Waals surface area contributed by atoms with Gasteiger partial charge in [0.1, 0.15) is 11.4 Å². The molecule has 19 heavy (non-hydrogen) atoms. The van der Waals surface area contributed by atoms with Crippen molar-refractivity contribution in [2.24, 2.45) is 7.05 Å². The quantitative estimate of drug-likeness (QED) is 0.869. The Balaban J connectivity index is 1.65. The molecule has 1 fully saturated rings. The second-order valence-electron chi connectivity index (χ2n) is 4.90. The van der Waals surface area contributed by atoms with Crippen LogP contribution >= 0.6 is 0 Å². The van der Waals surface area contributed by atoms with Crippen LogP contribution in [0.2, 0.25) is 0 Å². The van der Waals surface area contributed by atoms with E-state index in [0.717, 1.165) is 6.42 Å². The number of aryl methyl sites for hydroxylation is 1. The minimum Gasteiger partial charge on any atom is -0.383 e. The highest BCUT2D eigenvalue weighted by Gasteiger charge is 2.39. The summed E-state index contributed by atoms with van der Waals surface area (Å²) in [5, 5.41) is 6.97. The molecule has 1 amide bonds. The van der Waals surface area contributed by atoms with E-state index in [1.54, 1.807) is 7.05 Å². The van der Waals surface area contributed by atoms with Gasteiger partial charge in [0, 0.05) is 19.0 Å². The van der Waals surface area contributed by atoms with E-state index in [9.17, 15) is 4.79 Å². The van der Waals surface area contributed by atoms with Crippen molar-refractivity contribution < 1.29 is 4.79 Å². The van der Waals surface area contributed by atoms with Gasteiger partial charge in [0.2, 0.25) is 0 Å². The van der Waals surface area contributed by atoms with E-state index in [4.69, 9.17) is 5.73 Å². The molecule has 2 unspecified atom stereocenters. The molecule has 98 valence electrons. The van der Waals surface area contributed by atoms with Gasteiger partial charge in [-0.05, 0) is 12.0 Å². The van der Waals surface area contributed by atoms with Crippen LogP contribution in [-0.2, 0) is 7.05 Å². The number of amides is 1. The highest BCUT2D eigenvalue weighted by molar-refractivity contribution is 5.98. The van der Waals surface area contributed by atoms with Crippen LogP contribution < -0.4 is 11.1 Å². The zero-order valence-electron chi connectivity index (χ0n) is 10.7. The minimum atomic E-state index is -0.144. The number of nitrogens with one attached hydrogen (secondary N) is 1. The van der Waals surface area contributed by atoms with Crippen molar-refractivity contribution in [3.8, 4) is 0 Å². The van der Waals surface area contributed by atoms with Crippen LogP contribution in [0.15, 0.2) is 36.5 Å². The molecule has 1 saturated carbocycles. The summed E-state index contributed by atoms with van der Waals surface area (Å²) in [5.41, 5.74) is 7.50. The van der Waals surface area contributed by atoms with E-state index in [0.29, 0.717) is 17.3 Å². The lowest BCUT2D eigenvalue weighted by molar-refractivity contribution is 0.0951. The molecule has 1 aromatic carbocycles. The summed E-state index contributed by atoms with van der Waals surface area (Å²) in [6.07, 6.45) is 2.49. The van der Waals surface area contributed by atoms with Crippen LogP contribution in [0.3, 0.4) is 0 Å². The summed E-state index contributed by atoms with van der Waals surface area (Å²) >= 11 is 0. The van der Waals surface area contributed by atoms with E-state index < -0.39 is 0 Å². The average Bonchev–Trinajstić information content (AvgIpc) is 3.10. The van der Waals surface area contributed by atoms with E-state index >= 15 is 0 Å². The maximum absolute atomic E-state index is 12.1. The first-order valence-electron chi connectivity index (χ1n) is 6.30. The number of aromatic nitrogens is 2. The van der Waals surface area contributed by atoms with Crippen LogP contribution in [0.25, 0.3) is 0 Å². The monoisotopic (exact) mass is 256 g/mol. The highest BCUT2D eigenvalue weighted by Crippen LogP contribution is 2.40. The molecule has 1 aromatic heterocycles. The predicted octanol–water partition coefficient (Wildman–Crippen LogP) is 1.29. The topological polar surface area (TPSA) is 72.9 Å². The Bertz CT molecular complexity index is 605. The Labute approximate surface area is 111 Å². The standard InChI is InChI=1S/C14H16N4O/c1-18-13(15)11(8-16-18)14(19)17-12-7-10(12)9-5-3-2-4-6-9/h2-6,8,10,12H,7,15H2,1H3,(H,17,19). The third kappa shape index (κ3) is 2.19. The molecule has 3 N–H and O–H groups in total. The molecule has 5 nitrogen and oxygen atoms in total. The number of rotatable bonds is 3. The molecule has 2 atom stereocenters. The van der Waals surface area contributed by atoms with Gasteiger partial charge in [-0.2, -0.15) is 5.10 Å². The Morgan fingerprint density at radius 2 is 2.16 bits per heavy atom. The van der Waals surface area contributed by atoms with Gasteiger partial charge in [0.25, 0.3) is 5.91 Å². The lowest BCUT2D eigenvalue weighted by atomic mass is 10.1. The van der Waals surface area contributed by atoms with Gasteiger partial charge in [-0.25, -0.2) is 0 Å². The van der Waals surface area contributed by atoms with Gasteiger partial charge in [-0.1, -0.05) is 30.3 Å².